The topological polar surface area (TPSA) is 47.4 Å². The molecule has 6 heteroatoms. The Kier molecular flexibility index (Phi) is 5.13. The van der Waals surface area contributed by atoms with Crippen LogP contribution in [0.25, 0.3) is 0 Å². The molecule has 5 nitrogen and oxygen atoms in total. The van der Waals surface area contributed by atoms with Crippen LogP contribution in [0.3, 0.4) is 0 Å². The molecule has 1 fully saturated rings. The van der Waals surface area contributed by atoms with Gasteiger partial charge in [-0.05, 0) is 49.9 Å². The van der Waals surface area contributed by atoms with Gasteiger partial charge in [0.1, 0.15) is 0 Å². The summed E-state index contributed by atoms with van der Waals surface area (Å²) in [6.07, 6.45) is 7.67. The minimum Gasteiger partial charge on any atom is -0.494 e. The van der Waals surface area contributed by atoms with E-state index in [1.807, 2.05) is 21.8 Å². The number of halogens is 1. The van der Waals surface area contributed by atoms with E-state index >= 15 is 0 Å². The minimum absolute atomic E-state index is 0.0570. The van der Waals surface area contributed by atoms with Gasteiger partial charge in [0.2, 0.25) is 0 Å². The van der Waals surface area contributed by atoms with Crippen molar-refractivity contribution in [3.8, 4) is 5.75 Å². The highest BCUT2D eigenvalue weighted by molar-refractivity contribution is 5.94. The zero-order valence-corrected chi connectivity index (χ0v) is 13.8. The second-order valence-electron chi connectivity index (χ2n) is 6.06. The monoisotopic (exact) mass is 331 g/mol. The summed E-state index contributed by atoms with van der Waals surface area (Å²) >= 11 is 0. The molecule has 2 heterocycles. The van der Waals surface area contributed by atoms with Crippen LogP contribution in [0.2, 0.25) is 0 Å². The summed E-state index contributed by atoms with van der Waals surface area (Å²) in [6.45, 7) is 1.52. The number of likely N-dealkylation sites (tertiary alicyclic amines) is 1. The summed E-state index contributed by atoms with van der Waals surface area (Å²) < 4.78 is 20.4. The van der Waals surface area contributed by atoms with Crippen molar-refractivity contribution in [3.63, 3.8) is 0 Å². The Balaban J connectivity index is 1.73. The Hall–Kier alpha value is -2.37. The second kappa shape index (κ2) is 7.47. The van der Waals surface area contributed by atoms with Crippen molar-refractivity contribution in [1.82, 2.24) is 14.7 Å². The van der Waals surface area contributed by atoms with Crippen LogP contribution in [0, 0.1) is 5.82 Å². The number of carbonyl (C=O) groups is 1. The van der Waals surface area contributed by atoms with Crippen LogP contribution in [0.15, 0.2) is 36.7 Å². The maximum atomic E-state index is 13.6. The molecule has 1 aromatic heterocycles. The fourth-order valence-electron chi connectivity index (χ4n) is 3.24. The van der Waals surface area contributed by atoms with Crippen molar-refractivity contribution < 1.29 is 13.9 Å². The molecule has 0 N–H and O–H groups in total. The first-order valence-electron chi connectivity index (χ1n) is 8.31. The number of carbonyl (C=O) groups excluding carboxylic acids is 1. The lowest BCUT2D eigenvalue weighted by atomic mass is 9.98. The number of rotatable bonds is 5. The van der Waals surface area contributed by atoms with Crippen LogP contribution >= 0.6 is 0 Å². The average molecular weight is 331 g/mol. The Morgan fingerprint density at radius 2 is 2.29 bits per heavy atom. The Bertz CT molecular complexity index is 688. The van der Waals surface area contributed by atoms with E-state index in [1.54, 1.807) is 6.20 Å². The van der Waals surface area contributed by atoms with Gasteiger partial charge >= 0.3 is 0 Å². The van der Waals surface area contributed by atoms with Gasteiger partial charge in [-0.15, -0.1) is 0 Å². The van der Waals surface area contributed by atoms with Crippen molar-refractivity contribution >= 4 is 5.91 Å². The van der Waals surface area contributed by atoms with Gasteiger partial charge in [0, 0.05) is 37.1 Å². The quantitative estimate of drug-likeness (QED) is 0.846. The van der Waals surface area contributed by atoms with Crippen LogP contribution in [-0.2, 0) is 6.54 Å². The molecule has 1 atom stereocenters. The number of amides is 1. The molecule has 0 spiro atoms. The van der Waals surface area contributed by atoms with Gasteiger partial charge in [0.05, 0.1) is 7.11 Å². The zero-order valence-electron chi connectivity index (χ0n) is 13.8. The molecule has 1 saturated heterocycles. The summed E-state index contributed by atoms with van der Waals surface area (Å²) in [5, 5.41) is 4.22. The van der Waals surface area contributed by atoms with Crippen LogP contribution in [0.1, 0.15) is 36.0 Å². The van der Waals surface area contributed by atoms with E-state index in [0.29, 0.717) is 5.56 Å². The predicted molar refractivity (Wildman–Crippen MR) is 88.5 cm³/mol. The summed E-state index contributed by atoms with van der Waals surface area (Å²) in [5.74, 6) is -0.410. The number of hydrogen-bond acceptors (Lipinski definition) is 3. The van der Waals surface area contributed by atoms with Crippen LogP contribution in [-0.4, -0.2) is 40.3 Å². The molecule has 1 aromatic carbocycles. The number of benzene rings is 1. The van der Waals surface area contributed by atoms with Gasteiger partial charge < -0.3 is 9.64 Å². The number of ether oxygens (including phenoxy) is 1. The van der Waals surface area contributed by atoms with Gasteiger partial charge in [-0.2, -0.15) is 5.10 Å². The molecule has 1 aliphatic rings. The van der Waals surface area contributed by atoms with Gasteiger partial charge in [-0.25, -0.2) is 4.39 Å². The number of aromatic nitrogens is 2. The molecule has 1 amide bonds. The molecule has 0 aliphatic carbocycles. The lowest BCUT2D eigenvalue weighted by Gasteiger charge is -2.36. The first kappa shape index (κ1) is 16.5. The lowest BCUT2D eigenvalue weighted by Crippen LogP contribution is -2.44. The molecular weight excluding hydrogens is 309 g/mol. The number of methoxy groups -OCH3 is 1. The molecule has 2 aromatic rings. The van der Waals surface area contributed by atoms with Crippen molar-refractivity contribution in [2.45, 2.75) is 38.3 Å². The summed E-state index contributed by atoms with van der Waals surface area (Å²) in [7, 11) is 1.40. The fourth-order valence-corrected chi connectivity index (χ4v) is 3.24. The highest BCUT2D eigenvalue weighted by Gasteiger charge is 2.27. The molecule has 128 valence electrons. The maximum absolute atomic E-state index is 13.6. The van der Waals surface area contributed by atoms with Crippen LogP contribution in [0.4, 0.5) is 4.39 Å². The third-order valence-corrected chi connectivity index (χ3v) is 4.54. The third kappa shape index (κ3) is 3.58. The summed E-state index contributed by atoms with van der Waals surface area (Å²) in [4.78, 5) is 14.8. The standard InChI is InChI=1S/C18H22FN3O2/c1-24-17-13-14(6-7-16(17)19)18(23)22-11-3-2-5-15(22)8-12-21-10-4-9-20-21/h4,6-7,9-10,13,15H,2-3,5,8,11-12H2,1H3. The third-order valence-electron chi connectivity index (χ3n) is 4.54. The van der Waals surface area contributed by atoms with Gasteiger partial charge in [0.15, 0.2) is 11.6 Å². The maximum Gasteiger partial charge on any atom is 0.254 e. The van der Waals surface area contributed by atoms with E-state index < -0.39 is 5.82 Å². The average Bonchev–Trinajstić information content (AvgIpc) is 3.13. The summed E-state index contributed by atoms with van der Waals surface area (Å²) in [5.41, 5.74) is 0.472. The molecule has 24 heavy (non-hydrogen) atoms. The van der Waals surface area contributed by atoms with Crippen molar-refractivity contribution in [2.24, 2.45) is 0 Å². The van der Waals surface area contributed by atoms with Crippen molar-refractivity contribution in [2.75, 3.05) is 13.7 Å². The van der Waals surface area contributed by atoms with E-state index in [-0.39, 0.29) is 17.7 Å². The van der Waals surface area contributed by atoms with Crippen LogP contribution < -0.4 is 4.74 Å². The minimum atomic E-state index is -0.456. The molecule has 0 bridgehead atoms. The Labute approximate surface area is 141 Å². The van der Waals surface area contributed by atoms with E-state index in [1.165, 1.54) is 25.3 Å². The second-order valence-corrected chi connectivity index (χ2v) is 6.06. The van der Waals surface area contributed by atoms with E-state index in [4.69, 9.17) is 4.74 Å². The number of nitrogens with zero attached hydrogens (tertiary/aromatic N) is 3. The molecular formula is C18H22FN3O2. The fraction of sp³-hybridized carbons (Fsp3) is 0.444. The van der Waals surface area contributed by atoms with E-state index in [0.717, 1.165) is 38.8 Å². The van der Waals surface area contributed by atoms with Gasteiger partial charge in [-0.3, -0.25) is 9.48 Å². The molecule has 0 saturated carbocycles. The molecule has 0 radical (unpaired) electrons. The normalized spacial score (nSPS) is 17.8. The Morgan fingerprint density at radius 3 is 3.04 bits per heavy atom. The zero-order chi connectivity index (χ0) is 16.9. The van der Waals surface area contributed by atoms with Gasteiger partial charge in [0.25, 0.3) is 5.91 Å². The van der Waals surface area contributed by atoms with E-state index in [9.17, 15) is 9.18 Å². The predicted octanol–water partition coefficient (Wildman–Crippen LogP) is 3.12. The molecule has 1 aliphatic heterocycles. The van der Waals surface area contributed by atoms with Gasteiger partial charge in [-0.1, -0.05) is 0 Å². The first-order chi connectivity index (χ1) is 11.7. The number of hydrogen-bond donors (Lipinski definition) is 0. The number of piperidine rings is 1. The van der Waals surface area contributed by atoms with E-state index in [2.05, 4.69) is 5.10 Å². The first-order valence-corrected chi connectivity index (χ1v) is 8.31. The highest BCUT2D eigenvalue weighted by atomic mass is 19.1. The molecule has 3 rings (SSSR count). The lowest BCUT2D eigenvalue weighted by molar-refractivity contribution is 0.0593. The van der Waals surface area contributed by atoms with Crippen molar-refractivity contribution in [3.05, 3.63) is 48.0 Å². The highest BCUT2D eigenvalue weighted by Crippen LogP contribution is 2.25. The summed E-state index contributed by atoms with van der Waals surface area (Å²) in [6, 6.07) is 6.38. The Morgan fingerprint density at radius 1 is 1.42 bits per heavy atom. The smallest absolute Gasteiger partial charge is 0.254 e. The largest absolute Gasteiger partial charge is 0.494 e. The molecule has 1 unspecified atom stereocenters. The number of aryl methyl sites for hydroxylation is 1. The SMILES string of the molecule is COc1cc(C(=O)N2CCCCC2CCn2cccn2)ccc1F. The van der Waals surface area contributed by atoms with Crippen LogP contribution in [0.5, 0.6) is 5.75 Å². The van der Waals surface area contributed by atoms with Crippen molar-refractivity contribution in [1.29, 1.82) is 0 Å².